The first kappa shape index (κ1) is 13.3. The molecule has 0 saturated carbocycles. The number of rotatable bonds is 2. The van der Waals surface area contributed by atoms with Crippen LogP contribution >= 0.6 is 35.2 Å². The highest BCUT2D eigenvalue weighted by Gasteiger charge is 2.31. The highest BCUT2D eigenvalue weighted by molar-refractivity contribution is 7.80. The van der Waals surface area contributed by atoms with E-state index >= 15 is 0 Å². The summed E-state index contributed by atoms with van der Waals surface area (Å²) in [5, 5.41) is 5.90. The number of hydrogen-bond acceptors (Lipinski definition) is 3. The predicted octanol–water partition coefficient (Wildman–Crippen LogP) is 3.66. The van der Waals surface area contributed by atoms with E-state index in [1.165, 1.54) is 4.90 Å². The molecule has 1 aromatic heterocycles. The molecule has 1 saturated heterocycles. The third-order valence-corrected chi connectivity index (χ3v) is 4.15. The topological polar surface area (TPSA) is 32.3 Å². The number of nitrogens with one attached hydrogen (secondary N) is 1. The molecule has 3 nitrogen and oxygen atoms in total. The second-order valence-electron chi connectivity index (χ2n) is 4.12. The van der Waals surface area contributed by atoms with Crippen LogP contribution in [0.15, 0.2) is 47.5 Å². The van der Waals surface area contributed by atoms with Gasteiger partial charge >= 0.3 is 0 Å². The minimum Gasteiger partial charge on any atom is -0.327 e. The Morgan fingerprint density at radius 2 is 2.00 bits per heavy atom. The molecule has 1 aromatic carbocycles. The maximum Gasteiger partial charge on any atom is 0.281 e. The van der Waals surface area contributed by atoms with Crippen LogP contribution in [0.4, 0.5) is 5.69 Å². The van der Waals surface area contributed by atoms with Gasteiger partial charge in [0.15, 0.2) is 5.11 Å². The lowest BCUT2D eigenvalue weighted by Gasteiger charge is -2.13. The summed E-state index contributed by atoms with van der Waals surface area (Å²) >= 11 is 12.6. The molecular weight excluding hydrogens is 312 g/mol. The van der Waals surface area contributed by atoms with Crippen LogP contribution in [0.1, 0.15) is 4.88 Å². The van der Waals surface area contributed by atoms with E-state index in [1.54, 1.807) is 41.7 Å². The van der Waals surface area contributed by atoms with Gasteiger partial charge in [-0.2, -0.15) is 0 Å². The fraction of sp³-hybridized carbons (Fsp3) is 0. The average molecular weight is 321 g/mol. The number of anilines is 1. The summed E-state index contributed by atoms with van der Waals surface area (Å²) in [6.07, 6.45) is 1.80. The number of thiocarbonyl (C=S) groups is 1. The predicted molar refractivity (Wildman–Crippen MR) is 87.0 cm³/mol. The van der Waals surface area contributed by atoms with E-state index in [0.717, 1.165) is 4.88 Å². The molecule has 0 aliphatic carbocycles. The molecule has 0 radical (unpaired) electrons. The van der Waals surface area contributed by atoms with Gasteiger partial charge in [-0.15, -0.1) is 11.3 Å². The summed E-state index contributed by atoms with van der Waals surface area (Å²) in [6, 6.07) is 10.9. The van der Waals surface area contributed by atoms with Gasteiger partial charge in [0.05, 0.1) is 5.69 Å². The zero-order valence-electron chi connectivity index (χ0n) is 10.2. The van der Waals surface area contributed by atoms with Crippen molar-refractivity contribution in [3.05, 3.63) is 57.4 Å². The van der Waals surface area contributed by atoms with E-state index in [4.69, 9.17) is 23.8 Å². The molecule has 1 fully saturated rings. The Balaban J connectivity index is 1.93. The van der Waals surface area contributed by atoms with Gasteiger partial charge in [-0.05, 0) is 54.0 Å². The number of thiophene rings is 1. The molecule has 3 rings (SSSR count). The van der Waals surface area contributed by atoms with Crippen LogP contribution in [0.5, 0.6) is 0 Å². The summed E-state index contributed by atoms with van der Waals surface area (Å²) in [7, 11) is 0. The molecule has 20 heavy (non-hydrogen) atoms. The van der Waals surface area contributed by atoms with Gasteiger partial charge in [-0.1, -0.05) is 17.7 Å². The summed E-state index contributed by atoms with van der Waals surface area (Å²) in [4.78, 5) is 14.9. The first-order valence-electron chi connectivity index (χ1n) is 5.81. The maximum absolute atomic E-state index is 12.4. The average Bonchev–Trinajstić information content (AvgIpc) is 3.02. The molecule has 1 amide bonds. The molecule has 2 aromatic rings. The SMILES string of the molecule is O=C1/C(=C\c2cccs2)NC(=S)N1c1ccc(Cl)cc1. The van der Waals surface area contributed by atoms with Gasteiger partial charge in [0.25, 0.3) is 5.91 Å². The molecule has 0 atom stereocenters. The van der Waals surface area contributed by atoms with E-state index in [0.29, 0.717) is 21.5 Å². The molecule has 1 N–H and O–H groups in total. The lowest BCUT2D eigenvalue weighted by Crippen LogP contribution is -2.30. The van der Waals surface area contributed by atoms with Crippen LogP contribution in [0.3, 0.4) is 0 Å². The molecule has 1 aliphatic heterocycles. The Morgan fingerprint density at radius 3 is 2.65 bits per heavy atom. The van der Waals surface area contributed by atoms with Crippen molar-refractivity contribution in [2.24, 2.45) is 0 Å². The highest BCUT2D eigenvalue weighted by Crippen LogP contribution is 2.24. The Morgan fingerprint density at radius 1 is 1.25 bits per heavy atom. The second kappa shape index (κ2) is 5.36. The molecule has 100 valence electrons. The van der Waals surface area contributed by atoms with Crippen molar-refractivity contribution in [3.8, 4) is 0 Å². The van der Waals surface area contributed by atoms with E-state index in [9.17, 15) is 4.79 Å². The minimum absolute atomic E-state index is 0.161. The van der Waals surface area contributed by atoms with Crippen LogP contribution in [0.25, 0.3) is 6.08 Å². The first-order valence-corrected chi connectivity index (χ1v) is 7.48. The normalized spacial score (nSPS) is 16.9. The van der Waals surface area contributed by atoms with E-state index in [1.807, 2.05) is 17.5 Å². The van der Waals surface area contributed by atoms with Crippen molar-refractivity contribution in [1.82, 2.24) is 5.32 Å². The number of hydrogen-bond donors (Lipinski definition) is 1. The molecule has 0 bridgehead atoms. The summed E-state index contributed by atoms with van der Waals surface area (Å²) < 4.78 is 0. The van der Waals surface area contributed by atoms with Crippen LogP contribution < -0.4 is 10.2 Å². The Labute approximate surface area is 130 Å². The van der Waals surface area contributed by atoms with Gasteiger partial charge in [0.2, 0.25) is 0 Å². The Kier molecular flexibility index (Phi) is 3.56. The fourth-order valence-corrected chi connectivity index (χ4v) is 2.96. The molecule has 0 spiro atoms. The van der Waals surface area contributed by atoms with Crippen molar-refractivity contribution in [3.63, 3.8) is 0 Å². The molecule has 6 heteroatoms. The molecule has 1 aliphatic rings. The lowest BCUT2D eigenvalue weighted by molar-refractivity contribution is -0.113. The van der Waals surface area contributed by atoms with Crippen molar-refractivity contribution in [2.75, 3.05) is 4.90 Å². The summed E-state index contributed by atoms with van der Waals surface area (Å²) in [5.74, 6) is -0.161. The van der Waals surface area contributed by atoms with Gasteiger partial charge in [-0.3, -0.25) is 9.69 Å². The smallest absolute Gasteiger partial charge is 0.281 e. The summed E-state index contributed by atoms with van der Waals surface area (Å²) in [5.41, 5.74) is 1.18. The van der Waals surface area contributed by atoms with Gasteiger partial charge in [-0.25, -0.2) is 0 Å². The van der Waals surface area contributed by atoms with E-state index < -0.39 is 0 Å². The molecule has 2 heterocycles. The quantitative estimate of drug-likeness (QED) is 0.677. The number of halogens is 1. The van der Waals surface area contributed by atoms with Gasteiger partial charge in [0.1, 0.15) is 5.70 Å². The maximum atomic E-state index is 12.4. The third kappa shape index (κ3) is 2.47. The van der Waals surface area contributed by atoms with E-state index in [2.05, 4.69) is 5.32 Å². The lowest BCUT2D eigenvalue weighted by atomic mass is 10.3. The van der Waals surface area contributed by atoms with Crippen molar-refractivity contribution in [2.45, 2.75) is 0 Å². The van der Waals surface area contributed by atoms with Gasteiger partial charge in [0, 0.05) is 9.90 Å². The van der Waals surface area contributed by atoms with Crippen molar-refractivity contribution < 1.29 is 4.79 Å². The number of amides is 1. The van der Waals surface area contributed by atoms with Gasteiger partial charge < -0.3 is 5.32 Å². The number of carbonyl (C=O) groups is 1. The zero-order chi connectivity index (χ0) is 14.1. The number of nitrogens with zero attached hydrogens (tertiary/aromatic N) is 1. The van der Waals surface area contributed by atoms with Crippen LogP contribution in [0, 0.1) is 0 Å². The number of benzene rings is 1. The summed E-state index contributed by atoms with van der Waals surface area (Å²) in [6.45, 7) is 0. The zero-order valence-corrected chi connectivity index (χ0v) is 12.6. The number of carbonyl (C=O) groups excluding carboxylic acids is 1. The van der Waals surface area contributed by atoms with Crippen LogP contribution in [0.2, 0.25) is 5.02 Å². The molecule has 0 unspecified atom stereocenters. The van der Waals surface area contributed by atoms with E-state index in [-0.39, 0.29) is 5.91 Å². The first-order chi connectivity index (χ1) is 9.65. The Hall–Kier alpha value is -1.69. The monoisotopic (exact) mass is 320 g/mol. The molecular formula is C14H9ClN2OS2. The Bertz CT molecular complexity index is 692. The fourth-order valence-electron chi connectivity index (χ4n) is 1.88. The van der Waals surface area contributed by atoms with Crippen molar-refractivity contribution in [1.29, 1.82) is 0 Å². The van der Waals surface area contributed by atoms with Crippen molar-refractivity contribution >= 4 is 57.9 Å². The second-order valence-corrected chi connectivity index (χ2v) is 5.92. The minimum atomic E-state index is -0.161. The third-order valence-electron chi connectivity index (χ3n) is 2.79. The van der Waals surface area contributed by atoms with Crippen LogP contribution in [-0.4, -0.2) is 11.0 Å². The highest BCUT2D eigenvalue weighted by atomic mass is 35.5. The standard InChI is InChI=1S/C14H9ClN2OS2/c15-9-3-5-10(6-4-9)17-13(18)12(16-14(17)19)8-11-2-1-7-20-11/h1-8H,(H,16,19)/b12-8+. The largest absolute Gasteiger partial charge is 0.327 e. The van der Waals surface area contributed by atoms with Crippen LogP contribution in [-0.2, 0) is 4.79 Å².